The van der Waals surface area contributed by atoms with Crippen LogP contribution in [-0.4, -0.2) is 44.7 Å². The Morgan fingerprint density at radius 3 is 2.96 bits per heavy atom. The molecular weight excluding hydrogens is 302 g/mol. The predicted molar refractivity (Wildman–Crippen MR) is 79.1 cm³/mol. The van der Waals surface area contributed by atoms with Gasteiger partial charge in [0.2, 0.25) is 11.8 Å². The van der Waals surface area contributed by atoms with Crippen molar-refractivity contribution in [2.75, 3.05) is 6.54 Å². The van der Waals surface area contributed by atoms with E-state index in [4.69, 9.17) is 9.62 Å². The molecule has 0 radical (unpaired) electrons. The number of hydroxylamine groups is 1. The van der Waals surface area contributed by atoms with E-state index in [0.717, 1.165) is 19.3 Å². The quantitative estimate of drug-likeness (QED) is 0.509. The molecule has 0 aliphatic carbocycles. The second-order valence-electron chi connectivity index (χ2n) is 5.73. The Morgan fingerprint density at radius 1 is 1.57 bits per heavy atom. The first kappa shape index (κ1) is 17.4. The second kappa shape index (κ2) is 8.07. The van der Waals surface area contributed by atoms with Crippen molar-refractivity contribution in [3.05, 3.63) is 18.4 Å². The first-order chi connectivity index (χ1) is 11.1. The van der Waals surface area contributed by atoms with E-state index in [-0.39, 0.29) is 11.9 Å². The third-order valence-corrected chi connectivity index (χ3v) is 4.22. The van der Waals surface area contributed by atoms with Gasteiger partial charge in [-0.05, 0) is 19.3 Å². The number of aromatic nitrogens is 1. The molecule has 0 bridgehead atoms. The molecule has 2 heterocycles. The summed E-state index contributed by atoms with van der Waals surface area (Å²) in [6, 6.07) is -0.272. The van der Waals surface area contributed by atoms with Crippen molar-refractivity contribution in [1.29, 1.82) is 0 Å². The molecule has 1 aliphatic heterocycles. The van der Waals surface area contributed by atoms with E-state index < -0.39 is 17.9 Å². The van der Waals surface area contributed by atoms with Crippen LogP contribution < -0.4 is 5.48 Å². The average Bonchev–Trinajstić information content (AvgIpc) is 3.24. The highest BCUT2D eigenvalue weighted by molar-refractivity contribution is 5.89. The van der Waals surface area contributed by atoms with Crippen molar-refractivity contribution >= 4 is 11.8 Å². The van der Waals surface area contributed by atoms with Crippen molar-refractivity contribution in [2.45, 2.75) is 51.2 Å². The molecule has 1 aromatic rings. The van der Waals surface area contributed by atoms with Gasteiger partial charge >= 0.3 is 0 Å². The Morgan fingerprint density at radius 2 is 2.35 bits per heavy atom. The van der Waals surface area contributed by atoms with Crippen molar-refractivity contribution < 1.29 is 24.3 Å². The minimum atomic E-state index is -1.58. The van der Waals surface area contributed by atoms with Gasteiger partial charge in [0.15, 0.2) is 0 Å². The highest BCUT2D eigenvalue weighted by Crippen LogP contribution is 2.33. The number of aliphatic hydroxyl groups is 1. The lowest BCUT2D eigenvalue weighted by atomic mass is 9.93. The molecule has 23 heavy (non-hydrogen) atoms. The molecule has 1 fully saturated rings. The minimum Gasteiger partial charge on any atom is -0.447 e. The number of likely N-dealkylation sites (tertiary alicyclic amines) is 1. The number of aliphatic hydroxyl groups excluding tert-OH is 1. The molecule has 1 aliphatic rings. The number of hydrogen-bond donors (Lipinski definition) is 3. The summed E-state index contributed by atoms with van der Waals surface area (Å²) in [5.74, 6) is -1.70. The molecule has 1 aromatic heterocycles. The summed E-state index contributed by atoms with van der Waals surface area (Å²) >= 11 is 0. The number of carbonyl (C=O) groups excluding carboxylic acids is 2. The Balaban J connectivity index is 2.16. The summed E-state index contributed by atoms with van der Waals surface area (Å²) < 4.78 is 5.30. The summed E-state index contributed by atoms with van der Waals surface area (Å²) in [5, 5.41) is 18.8. The van der Waals surface area contributed by atoms with Crippen molar-refractivity contribution in [3.63, 3.8) is 0 Å². The van der Waals surface area contributed by atoms with Crippen molar-refractivity contribution in [1.82, 2.24) is 15.4 Å². The van der Waals surface area contributed by atoms with Gasteiger partial charge in [-0.25, -0.2) is 10.5 Å². The van der Waals surface area contributed by atoms with Gasteiger partial charge in [-0.1, -0.05) is 19.8 Å². The van der Waals surface area contributed by atoms with Crippen LogP contribution in [0.2, 0.25) is 0 Å². The maximum absolute atomic E-state index is 12.9. The molecule has 8 heteroatoms. The fourth-order valence-corrected chi connectivity index (χ4v) is 2.99. The Labute approximate surface area is 134 Å². The van der Waals surface area contributed by atoms with Gasteiger partial charge in [-0.3, -0.25) is 14.8 Å². The van der Waals surface area contributed by atoms with Crippen LogP contribution in [0.3, 0.4) is 0 Å². The monoisotopic (exact) mass is 325 g/mol. The third kappa shape index (κ3) is 3.89. The average molecular weight is 325 g/mol. The number of nitrogens with one attached hydrogen (secondary N) is 1. The van der Waals surface area contributed by atoms with Crippen LogP contribution in [-0.2, 0) is 9.59 Å². The molecule has 128 valence electrons. The Bertz CT molecular complexity index is 519. The number of nitrogens with zero attached hydrogens (tertiary/aromatic N) is 2. The lowest BCUT2D eigenvalue weighted by Crippen LogP contribution is -2.46. The van der Waals surface area contributed by atoms with E-state index in [2.05, 4.69) is 4.98 Å². The van der Waals surface area contributed by atoms with Gasteiger partial charge < -0.3 is 14.4 Å². The standard InChI is InChI=1S/C15H23N3O5/c1-2-3-5-10(12(19)13(20)17-22)15(21)18-8-4-6-11(18)14-16-7-9-23-14/h7,9-12,19,22H,2-6,8H2,1H3,(H,17,20). The zero-order chi connectivity index (χ0) is 16.8. The van der Waals surface area contributed by atoms with Crippen molar-refractivity contribution in [3.8, 4) is 0 Å². The molecular formula is C15H23N3O5. The third-order valence-electron chi connectivity index (χ3n) is 4.22. The van der Waals surface area contributed by atoms with Gasteiger partial charge in [-0.15, -0.1) is 0 Å². The van der Waals surface area contributed by atoms with E-state index in [1.807, 2.05) is 6.92 Å². The van der Waals surface area contributed by atoms with Crippen LogP contribution in [0.25, 0.3) is 0 Å². The Kier molecular flexibility index (Phi) is 6.12. The maximum Gasteiger partial charge on any atom is 0.272 e. The topological polar surface area (TPSA) is 116 Å². The number of oxazole rings is 1. The largest absolute Gasteiger partial charge is 0.447 e. The maximum atomic E-state index is 12.9. The van der Waals surface area contributed by atoms with Gasteiger partial charge in [0, 0.05) is 6.54 Å². The van der Waals surface area contributed by atoms with E-state index in [1.165, 1.54) is 17.9 Å². The van der Waals surface area contributed by atoms with Crippen LogP contribution in [0.5, 0.6) is 0 Å². The number of amides is 2. The van der Waals surface area contributed by atoms with Crippen LogP contribution in [0.15, 0.2) is 16.9 Å². The van der Waals surface area contributed by atoms with E-state index in [0.29, 0.717) is 25.3 Å². The van der Waals surface area contributed by atoms with Crippen molar-refractivity contribution in [2.24, 2.45) is 5.92 Å². The van der Waals surface area contributed by atoms with Crippen LogP contribution in [0.1, 0.15) is 51.0 Å². The number of rotatable bonds is 7. The number of carbonyl (C=O) groups is 2. The lowest BCUT2D eigenvalue weighted by molar-refractivity contribution is -0.151. The van der Waals surface area contributed by atoms with Crippen LogP contribution in [0.4, 0.5) is 0 Å². The molecule has 3 unspecified atom stereocenters. The van der Waals surface area contributed by atoms with Gasteiger partial charge in [0.1, 0.15) is 18.4 Å². The SMILES string of the molecule is CCCCC(C(=O)N1CCCC1c1ncco1)C(O)C(=O)NO. The molecule has 2 amide bonds. The highest BCUT2D eigenvalue weighted by atomic mass is 16.5. The molecule has 3 N–H and O–H groups in total. The van der Waals surface area contributed by atoms with Gasteiger partial charge in [-0.2, -0.15) is 0 Å². The van der Waals surface area contributed by atoms with Gasteiger partial charge in [0.25, 0.3) is 5.91 Å². The highest BCUT2D eigenvalue weighted by Gasteiger charge is 2.40. The summed E-state index contributed by atoms with van der Waals surface area (Å²) in [5.41, 5.74) is 1.42. The van der Waals surface area contributed by atoms with Crippen LogP contribution >= 0.6 is 0 Å². The molecule has 0 aromatic carbocycles. The van der Waals surface area contributed by atoms with Gasteiger partial charge in [0.05, 0.1) is 12.1 Å². The van der Waals surface area contributed by atoms with Crippen LogP contribution in [0, 0.1) is 5.92 Å². The molecule has 3 atom stereocenters. The zero-order valence-electron chi connectivity index (χ0n) is 13.1. The predicted octanol–water partition coefficient (Wildman–Crippen LogP) is 1.01. The molecule has 1 saturated heterocycles. The molecule has 8 nitrogen and oxygen atoms in total. The zero-order valence-corrected chi connectivity index (χ0v) is 13.1. The molecule has 0 spiro atoms. The normalized spacial score (nSPS) is 20.3. The second-order valence-corrected chi connectivity index (χ2v) is 5.73. The van der Waals surface area contributed by atoms with E-state index in [1.54, 1.807) is 4.90 Å². The fraction of sp³-hybridized carbons (Fsp3) is 0.667. The number of unbranched alkanes of at least 4 members (excludes halogenated alkanes) is 1. The first-order valence-corrected chi connectivity index (χ1v) is 7.92. The summed E-state index contributed by atoms with van der Waals surface area (Å²) in [6.45, 7) is 2.49. The smallest absolute Gasteiger partial charge is 0.272 e. The first-order valence-electron chi connectivity index (χ1n) is 7.92. The molecule has 2 rings (SSSR count). The summed E-state index contributed by atoms with van der Waals surface area (Å²) in [4.78, 5) is 30.1. The fourth-order valence-electron chi connectivity index (χ4n) is 2.99. The summed E-state index contributed by atoms with van der Waals surface area (Å²) in [7, 11) is 0. The Hall–Kier alpha value is -1.93. The minimum absolute atomic E-state index is 0.272. The molecule has 0 saturated carbocycles. The summed E-state index contributed by atoms with van der Waals surface area (Å²) in [6.07, 6.45) is 4.85. The number of hydrogen-bond acceptors (Lipinski definition) is 6. The van der Waals surface area contributed by atoms with E-state index >= 15 is 0 Å². The lowest BCUT2D eigenvalue weighted by Gasteiger charge is -2.29. The van der Waals surface area contributed by atoms with E-state index in [9.17, 15) is 14.7 Å².